The SMILES string of the molecule is C=Cc1c(OC)ccc(-c2cccc3c(-c4ccc(-c5ccc6cc(OC)ccc6c5)c5ccccc45)cccc23)c1C=C. The highest BCUT2D eigenvalue weighted by atomic mass is 16.5. The van der Waals surface area contributed by atoms with Crippen molar-refractivity contribution < 1.29 is 9.47 Å². The zero-order chi connectivity index (χ0) is 30.2. The molecule has 0 fully saturated rings. The first kappa shape index (κ1) is 27.2. The second kappa shape index (κ2) is 11.2. The van der Waals surface area contributed by atoms with Gasteiger partial charge in [-0.3, -0.25) is 0 Å². The standard InChI is InChI=1S/C42H32O2/c1-5-31-32(6-2)42(44-4)24-23-40(31)38-15-9-14-37-36(38)13-10-16-39(37)41-22-21-33(34-11-7-8-12-35(34)41)29-18-17-28-26-30(43-3)20-19-27(28)25-29/h5-26H,1-2H2,3-4H3. The Morgan fingerprint density at radius 1 is 0.455 bits per heavy atom. The van der Waals surface area contributed by atoms with E-state index in [1.807, 2.05) is 24.3 Å². The van der Waals surface area contributed by atoms with E-state index in [2.05, 4.69) is 122 Å². The van der Waals surface area contributed by atoms with Crippen molar-refractivity contribution in [1.29, 1.82) is 0 Å². The molecule has 0 bridgehead atoms. The van der Waals surface area contributed by atoms with Crippen LogP contribution in [0.1, 0.15) is 11.1 Å². The third-order valence-corrected chi connectivity index (χ3v) is 8.66. The van der Waals surface area contributed by atoms with Gasteiger partial charge in [-0.15, -0.1) is 0 Å². The molecule has 0 aromatic heterocycles. The predicted octanol–water partition coefficient (Wildman–Crippen LogP) is 11.5. The number of hydrogen-bond donors (Lipinski definition) is 0. The lowest BCUT2D eigenvalue weighted by molar-refractivity contribution is 0.414. The summed E-state index contributed by atoms with van der Waals surface area (Å²) in [6.07, 6.45) is 3.74. The highest BCUT2D eigenvalue weighted by molar-refractivity contribution is 6.12. The lowest BCUT2D eigenvalue weighted by Crippen LogP contribution is -1.94. The summed E-state index contributed by atoms with van der Waals surface area (Å²) in [5.74, 6) is 1.66. The topological polar surface area (TPSA) is 18.5 Å². The van der Waals surface area contributed by atoms with Gasteiger partial charge in [0.15, 0.2) is 0 Å². The van der Waals surface area contributed by atoms with Gasteiger partial charge in [-0.05, 0) is 95.5 Å². The van der Waals surface area contributed by atoms with E-state index in [-0.39, 0.29) is 0 Å². The summed E-state index contributed by atoms with van der Waals surface area (Å²) in [7, 11) is 3.39. The average Bonchev–Trinajstić information content (AvgIpc) is 3.09. The van der Waals surface area contributed by atoms with Crippen LogP contribution in [0.2, 0.25) is 0 Å². The van der Waals surface area contributed by atoms with E-state index in [0.29, 0.717) is 0 Å². The maximum atomic E-state index is 5.62. The Bertz CT molecular complexity index is 2240. The molecule has 0 aliphatic heterocycles. The Hall–Kier alpha value is -5.60. The molecule has 0 heterocycles. The summed E-state index contributed by atoms with van der Waals surface area (Å²) in [4.78, 5) is 0. The molecular formula is C42H32O2. The van der Waals surface area contributed by atoms with Gasteiger partial charge in [0.05, 0.1) is 14.2 Å². The van der Waals surface area contributed by atoms with E-state index in [4.69, 9.17) is 9.47 Å². The Morgan fingerprint density at radius 2 is 1.00 bits per heavy atom. The summed E-state index contributed by atoms with van der Waals surface area (Å²) in [6.45, 7) is 8.18. The molecule has 0 radical (unpaired) electrons. The van der Waals surface area contributed by atoms with Crippen LogP contribution in [0.15, 0.2) is 134 Å². The average molecular weight is 569 g/mol. The van der Waals surface area contributed by atoms with Crippen molar-refractivity contribution in [1.82, 2.24) is 0 Å². The van der Waals surface area contributed by atoms with E-state index in [1.54, 1.807) is 14.2 Å². The van der Waals surface area contributed by atoms with Crippen LogP contribution < -0.4 is 9.47 Å². The van der Waals surface area contributed by atoms with Gasteiger partial charge < -0.3 is 9.47 Å². The van der Waals surface area contributed by atoms with Crippen molar-refractivity contribution in [2.75, 3.05) is 14.2 Å². The van der Waals surface area contributed by atoms with E-state index in [0.717, 1.165) is 39.1 Å². The lowest BCUT2D eigenvalue weighted by atomic mass is 9.87. The Kier molecular flexibility index (Phi) is 6.96. The van der Waals surface area contributed by atoms with E-state index >= 15 is 0 Å². The number of fused-ring (bicyclic) bond motifs is 3. The number of hydrogen-bond acceptors (Lipinski definition) is 2. The maximum absolute atomic E-state index is 5.62. The third kappa shape index (κ3) is 4.44. The normalized spacial score (nSPS) is 11.1. The van der Waals surface area contributed by atoms with E-state index in [9.17, 15) is 0 Å². The van der Waals surface area contributed by atoms with Gasteiger partial charge in [0, 0.05) is 5.56 Å². The molecule has 0 unspecified atom stereocenters. The van der Waals surface area contributed by atoms with Crippen LogP contribution in [0, 0.1) is 0 Å². The minimum atomic E-state index is 0.789. The number of benzene rings is 7. The second-order valence-corrected chi connectivity index (χ2v) is 10.9. The van der Waals surface area contributed by atoms with Crippen molar-refractivity contribution >= 4 is 44.5 Å². The van der Waals surface area contributed by atoms with Gasteiger partial charge in [0.2, 0.25) is 0 Å². The van der Waals surface area contributed by atoms with Gasteiger partial charge in [-0.1, -0.05) is 122 Å². The van der Waals surface area contributed by atoms with Crippen molar-refractivity contribution in [2.45, 2.75) is 0 Å². The quantitative estimate of drug-likeness (QED) is 0.190. The number of ether oxygens (including phenoxy) is 2. The second-order valence-electron chi connectivity index (χ2n) is 10.9. The first-order valence-electron chi connectivity index (χ1n) is 14.7. The zero-order valence-corrected chi connectivity index (χ0v) is 24.9. The van der Waals surface area contributed by atoms with Gasteiger partial charge in [-0.2, -0.15) is 0 Å². The third-order valence-electron chi connectivity index (χ3n) is 8.66. The fourth-order valence-electron chi connectivity index (χ4n) is 6.54. The van der Waals surface area contributed by atoms with Crippen molar-refractivity contribution in [3.8, 4) is 44.9 Å². The van der Waals surface area contributed by atoms with Gasteiger partial charge in [0.1, 0.15) is 11.5 Å². The van der Waals surface area contributed by atoms with Gasteiger partial charge in [0.25, 0.3) is 0 Å². The van der Waals surface area contributed by atoms with Crippen molar-refractivity contribution in [3.05, 3.63) is 146 Å². The van der Waals surface area contributed by atoms with Gasteiger partial charge >= 0.3 is 0 Å². The van der Waals surface area contributed by atoms with E-state index < -0.39 is 0 Å². The molecule has 0 amide bonds. The minimum Gasteiger partial charge on any atom is -0.497 e. The van der Waals surface area contributed by atoms with Crippen LogP contribution in [0.4, 0.5) is 0 Å². The molecular weight excluding hydrogens is 536 g/mol. The molecule has 0 saturated carbocycles. The molecule has 7 aromatic carbocycles. The zero-order valence-electron chi connectivity index (χ0n) is 24.9. The van der Waals surface area contributed by atoms with Crippen LogP contribution >= 0.6 is 0 Å². The fourth-order valence-corrected chi connectivity index (χ4v) is 6.54. The van der Waals surface area contributed by atoms with Crippen LogP contribution in [0.25, 0.3) is 77.9 Å². The molecule has 7 aromatic rings. The molecule has 2 nitrogen and oxygen atoms in total. The molecule has 2 heteroatoms. The summed E-state index contributed by atoms with van der Waals surface area (Å²) in [5, 5.41) is 7.20. The van der Waals surface area contributed by atoms with Crippen molar-refractivity contribution in [2.24, 2.45) is 0 Å². The molecule has 212 valence electrons. The molecule has 0 atom stereocenters. The first-order chi connectivity index (χ1) is 21.6. The number of rotatable bonds is 7. The van der Waals surface area contributed by atoms with Crippen LogP contribution in [0.3, 0.4) is 0 Å². The molecule has 44 heavy (non-hydrogen) atoms. The highest BCUT2D eigenvalue weighted by Crippen LogP contribution is 2.42. The molecule has 0 saturated heterocycles. The van der Waals surface area contributed by atoms with Crippen LogP contribution in [-0.4, -0.2) is 14.2 Å². The molecule has 7 rings (SSSR count). The minimum absolute atomic E-state index is 0.789. The molecule has 0 N–H and O–H groups in total. The predicted molar refractivity (Wildman–Crippen MR) is 189 cm³/mol. The van der Waals surface area contributed by atoms with Gasteiger partial charge in [-0.25, -0.2) is 0 Å². The lowest BCUT2D eigenvalue weighted by Gasteiger charge is -2.17. The Morgan fingerprint density at radius 3 is 1.66 bits per heavy atom. The molecule has 0 aliphatic rings. The summed E-state index contributed by atoms with van der Waals surface area (Å²) in [5.41, 5.74) is 9.04. The van der Waals surface area contributed by atoms with Crippen LogP contribution in [0.5, 0.6) is 11.5 Å². The van der Waals surface area contributed by atoms with Crippen molar-refractivity contribution in [3.63, 3.8) is 0 Å². The monoisotopic (exact) mass is 568 g/mol. The smallest absolute Gasteiger partial charge is 0.126 e. The first-order valence-corrected chi connectivity index (χ1v) is 14.7. The molecule has 0 spiro atoms. The molecule has 0 aliphatic carbocycles. The Balaban J connectivity index is 1.41. The summed E-state index contributed by atoms with van der Waals surface area (Å²) in [6, 6.07) is 43.4. The van der Waals surface area contributed by atoms with Crippen LogP contribution in [-0.2, 0) is 0 Å². The largest absolute Gasteiger partial charge is 0.497 e. The highest BCUT2D eigenvalue weighted by Gasteiger charge is 2.16. The fraction of sp³-hybridized carbons (Fsp3) is 0.0476. The summed E-state index contributed by atoms with van der Waals surface area (Å²) < 4.78 is 11.1. The number of methoxy groups -OCH3 is 2. The maximum Gasteiger partial charge on any atom is 0.126 e. The Labute approximate surface area is 258 Å². The summed E-state index contributed by atoms with van der Waals surface area (Å²) >= 11 is 0. The van der Waals surface area contributed by atoms with E-state index in [1.165, 1.54) is 49.2 Å².